The maximum Gasteiger partial charge on any atom is 0.241 e. The van der Waals surface area contributed by atoms with E-state index in [0.717, 1.165) is 30.9 Å². The Balaban J connectivity index is 1.69. The van der Waals surface area contributed by atoms with Gasteiger partial charge in [-0.1, -0.05) is 39.3 Å². The summed E-state index contributed by atoms with van der Waals surface area (Å²) in [7, 11) is 0. The van der Waals surface area contributed by atoms with E-state index >= 15 is 0 Å². The van der Waals surface area contributed by atoms with Crippen LogP contribution in [-0.4, -0.2) is 33.0 Å². The Morgan fingerprint density at radius 3 is 2.91 bits per heavy atom. The molecule has 1 aromatic carbocycles. The molecule has 1 N–H and O–H groups in total. The molecule has 1 unspecified atom stereocenters. The Kier molecular flexibility index (Phi) is 5.38. The zero-order valence-electron chi connectivity index (χ0n) is 11.9. The molecule has 9 heteroatoms. The van der Waals surface area contributed by atoms with Gasteiger partial charge < -0.3 is 5.32 Å². The minimum Gasteiger partial charge on any atom is -0.323 e. The Bertz CT molecular complexity index is 724. The van der Waals surface area contributed by atoms with E-state index in [2.05, 4.69) is 19.8 Å². The average Bonchev–Trinajstić information content (AvgIpc) is 3.12. The minimum atomic E-state index is -0.237. The van der Waals surface area contributed by atoms with Gasteiger partial charge in [0.25, 0.3) is 0 Å². The highest BCUT2D eigenvalue weighted by molar-refractivity contribution is 7.10. The number of nitrogens with zero attached hydrogens (tertiary/aromatic N) is 3. The first-order valence-corrected chi connectivity index (χ1v) is 8.92. The van der Waals surface area contributed by atoms with Gasteiger partial charge in [-0.05, 0) is 37.6 Å². The van der Waals surface area contributed by atoms with Crippen molar-refractivity contribution < 1.29 is 4.79 Å². The highest BCUT2D eigenvalue weighted by Gasteiger charge is 2.32. The van der Waals surface area contributed by atoms with Gasteiger partial charge in [-0.25, -0.2) is 0 Å². The molecule has 2 heterocycles. The van der Waals surface area contributed by atoms with Gasteiger partial charge in [0.1, 0.15) is 10.0 Å². The highest BCUT2D eigenvalue weighted by atomic mass is 35.5. The number of nitrogens with one attached hydrogen (secondary N) is 1. The molecule has 2 aromatic rings. The van der Waals surface area contributed by atoms with Crippen molar-refractivity contribution in [2.75, 3.05) is 11.9 Å². The van der Waals surface area contributed by atoms with Crippen LogP contribution >= 0.6 is 46.3 Å². The topological polar surface area (TPSA) is 58.1 Å². The molecule has 0 saturated carbocycles. The number of aromatic nitrogens is 2. The fraction of sp³-hybridized carbons (Fsp3) is 0.357. The van der Waals surface area contributed by atoms with E-state index < -0.39 is 0 Å². The molecule has 1 aliphatic heterocycles. The van der Waals surface area contributed by atoms with Crippen molar-refractivity contribution in [1.29, 1.82) is 0 Å². The molecule has 0 aliphatic carbocycles. The van der Waals surface area contributed by atoms with Crippen LogP contribution in [0, 0.1) is 0 Å². The lowest BCUT2D eigenvalue weighted by atomic mass is 10.2. The van der Waals surface area contributed by atoms with E-state index in [1.54, 1.807) is 18.2 Å². The molecule has 1 fully saturated rings. The van der Waals surface area contributed by atoms with E-state index in [4.69, 9.17) is 34.8 Å². The fourth-order valence-electron chi connectivity index (χ4n) is 2.60. The monoisotopic (exact) mass is 390 g/mol. The molecule has 0 radical (unpaired) electrons. The molecule has 23 heavy (non-hydrogen) atoms. The van der Waals surface area contributed by atoms with Crippen LogP contribution in [0.1, 0.15) is 18.5 Å². The van der Waals surface area contributed by atoms with Crippen LogP contribution in [0.2, 0.25) is 14.4 Å². The van der Waals surface area contributed by atoms with Crippen LogP contribution in [-0.2, 0) is 11.3 Å². The molecule has 0 spiro atoms. The molecule has 5 nitrogen and oxygen atoms in total. The summed E-state index contributed by atoms with van der Waals surface area (Å²) < 4.78 is 4.39. The van der Waals surface area contributed by atoms with Crippen LogP contribution in [0.25, 0.3) is 0 Å². The van der Waals surface area contributed by atoms with Crippen molar-refractivity contribution in [2.24, 2.45) is 0 Å². The Morgan fingerprint density at radius 1 is 1.39 bits per heavy atom. The maximum atomic E-state index is 12.6. The van der Waals surface area contributed by atoms with E-state index in [-0.39, 0.29) is 11.9 Å². The van der Waals surface area contributed by atoms with E-state index in [1.165, 1.54) is 0 Å². The van der Waals surface area contributed by atoms with Crippen molar-refractivity contribution in [3.63, 3.8) is 0 Å². The number of anilines is 1. The van der Waals surface area contributed by atoms with E-state index in [0.29, 0.717) is 32.3 Å². The summed E-state index contributed by atoms with van der Waals surface area (Å²) >= 11 is 19.2. The van der Waals surface area contributed by atoms with Gasteiger partial charge in [0.05, 0.1) is 16.8 Å². The molecule has 1 saturated heterocycles. The molecule has 3 rings (SSSR count). The summed E-state index contributed by atoms with van der Waals surface area (Å²) in [6, 6.07) is 4.75. The van der Waals surface area contributed by atoms with Gasteiger partial charge >= 0.3 is 0 Å². The van der Waals surface area contributed by atoms with Crippen molar-refractivity contribution in [3.8, 4) is 0 Å². The molecule has 122 valence electrons. The number of carbonyl (C=O) groups is 1. The first-order chi connectivity index (χ1) is 11.0. The highest BCUT2D eigenvalue weighted by Crippen LogP contribution is 2.28. The van der Waals surface area contributed by atoms with Crippen LogP contribution < -0.4 is 5.32 Å². The summed E-state index contributed by atoms with van der Waals surface area (Å²) in [5.41, 5.74) is 1.27. The molecule has 1 aliphatic rings. The number of benzene rings is 1. The normalized spacial score (nSPS) is 18.3. The predicted octanol–water partition coefficient (Wildman–Crippen LogP) is 4.10. The molecule has 1 amide bonds. The van der Waals surface area contributed by atoms with Gasteiger partial charge in [0, 0.05) is 23.1 Å². The van der Waals surface area contributed by atoms with Crippen LogP contribution in [0.4, 0.5) is 5.69 Å². The smallest absolute Gasteiger partial charge is 0.241 e. The van der Waals surface area contributed by atoms with Crippen molar-refractivity contribution in [3.05, 3.63) is 38.3 Å². The average molecular weight is 392 g/mol. The Labute approximate surface area is 152 Å². The van der Waals surface area contributed by atoms with Gasteiger partial charge in [0.15, 0.2) is 0 Å². The summed E-state index contributed by atoms with van der Waals surface area (Å²) in [4.78, 5) is 14.6. The first-order valence-electron chi connectivity index (χ1n) is 7.01. The van der Waals surface area contributed by atoms with E-state index in [9.17, 15) is 4.79 Å². The number of amides is 1. The summed E-state index contributed by atoms with van der Waals surface area (Å²) in [5, 5.41) is 7.82. The molecule has 1 aromatic heterocycles. The number of carbonyl (C=O) groups excluding carboxylic acids is 1. The lowest BCUT2D eigenvalue weighted by molar-refractivity contribution is -0.120. The van der Waals surface area contributed by atoms with Crippen molar-refractivity contribution in [1.82, 2.24) is 14.5 Å². The SMILES string of the molecule is O=C(Nc1ccc(Cl)cc1Cl)C1CCCN1Cc1nnsc1Cl. The predicted molar refractivity (Wildman–Crippen MR) is 93.4 cm³/mol. The molecule has 0 bridgehead atoms. The summed E-state index contributed by atoms with van der Waals surface area (Å²) in [5.74, 6) is -0.0916. The van der Waals surface area contributed by atoms with Gasteiger partial charge in [-0.15, -0.1) is 5.10 Å². The van der Waals surface area contributed by atoms with Crippen LogP contribution in [0.3, 0.4) is 0 Å². The number of hydrogen-bond donors (Lipinski definition) is 1. The lowest BCUT2D eigenvalue weighted by Crippen LogP contribution is -2.39. The molecular formula is C14H13Cl3N4OS. The van der Waals surface area contributed by atoms with Gasteiger partial charge in [-0.3, -0.25) is 9.69 Å². The standard InChI is InChI=1S/C14H13Cl3N4OS/c15-8-3-4-10(9(16)6-8)18-14(22)12-2-1-5-21(12)7-11-13(17)23-20-19-11/h3-4,6,12H,1-2,5,7H2,(H,18,22). The van der Waals surface area contributed by atoms with Crippen molar-refractivity contribution >= 4 is 57.9 Å². The molecule has 1 atom stereocenters. The van der Waals surface area contributed by atoms with Gasteiger partial charge in [-0.2, -0.15) is 0 Å². The number of rotatable bonds is 4. The zero-order chi connectivity index (χ0) is 16.4. The fourth-order valence-corrected chi connectivity index (χ4v) is 3.67. The number of likely N-dealkylation sites (tertiary alicyclic amines) is 1. The third-order valence-electron chi connectivity index (χ3n) is 3.72. The summed E-state index contributed by atoms with van der Waals surface area (Å²) in [6.45, 7) is 1.34. The first kappa shape index (κ1) is 16.9. The third-order valence-corrected chi connectivity index (χ3v) is 5.25. The van der Waals surface area contributed by atoms with Crippen LogP contribution in [0.5, 0.6) is 0 Å². The number of hydrogen-bond acceptors (Lipinski definition) is 5. The number of halogens is 3. The second-order valence-electron chi connectivity index (χ2n) is 5.24. The van der Waals surface area contributed by atoms with E-state index in [1.807, 2.05) is 0 Å². The largest absolute Gasteiger partial charge is 0.323 e. The molecular weight excluding hydrogens is 379 g/mol. The Morgan fingerprint density at radius 2 is 2.22 bits per heavy atom. The second-order valence-corrected chi connectivity index (χ2v) is 7.44. The second kappa shape index (κ2) is 7.32. The van der Waals surface area contributed by atoms with Crippen LogP contribution in [0.15, 0.2) is 18.2 Å². The van der Waals surface area contributed by atoms with Gasteiger partial charge in [0.2, 0.25) is 5.91 Å². The third kappa shape index (κ3) is 3.95. The summed E-state index contributed by atoms with van der Waals surface area (Å²) in [6.07, 6.45) is 1.73. The lowest BCUT2D eigenvalue weighted by Gasteiger charge is -2.23. The maximum absolute atomic E-state index is 12.6. The quantitative estimate of drug-likeness (QED) is 0.852. The zero-order valence-corrected chi connectivity index (χ0v) is 15.0. The Hall–Kier alpha value is -0.920. The minimum absolute atomic E-state index is 0.0916. The van der Waals surface area contributed by atoms with Crippen molar-refractivity contribution in [2.45, 2.75) is 25.4 Å².